The minimum absolute atomic E-state index is 0.0243. The average molecular weight is 549 g/mol. The number of carboxylic acid groups (broad SMARTS) is 1. The molecule has 0 aliphatic carbocycles. The van der Waals surface area contributed by atoms with Gasteiger partial charge in [-0.25, -0.2) is 4.79 Å². The van der Waals surface area contributed by atoms with Crippen molar-refractivity contribution in [2.75, 3.05) is 12.3 Å². The van der Waals surface area contributed by atoms with Crippen LogP contribution in [0.3, 0.4) is 0 Å². The van der Waals surface area contributed by atoms with Crippen molar-refractivity contribution in [2.24, 2.45) is 17.4 Å². The van der Waals surface area contributed by atoms with Crippen LogP contribution in [0.5, 0.6) is 0 Å². The highest BCUT2D eigenvalue weighted by molar-refractivity contribution is 7.80. The predicted molar refractivity (Wildman–Crippen MR) is 150 cm³/mol. The summed E-state index contributed by atoms with van der Waals surface area (Å²) < 4.78 is 0. The van der Waals surface area contributed by atoms with Gasteiger partial charge in [0.15, 0.2) is 0 Å². The van der Waals surface area contributed by atoms with Gasteiger partial charge in [0.2, 0.25) is 17.7 Å². The third-order valence-corrected chi connectivity index (χ3v) is 6.56. The number of aromatic nitrogens is 1. The van der Waals surface area contributed by atoms with Crippen LogP contribution in [0.15, 0.2) is 30.5 Å². The fraction of sp³-hybridized carbons (Fsp3) is 0.538. The number of H-pyrrole nitrogens is 1. The summed E-state index contributed by atoms with van der Waals surface area (Å²) in [6, 6.07) is 3.47. The molecule has 1 aromatic heterocycles. The predicted octanol–water partition coefficient (Wildman–Crippen LogP) is 0.682. The van der Waals surface area contributed by atoms with Crippen molar-refractivity contribution >= 4 is 47.2 Å². The van der Waals surface area contributed by atoms with Gasteiger partial charge >= 0.3 is 5.97 Å². The maximum Gasteiger partial charge on any atom is 0.326 e. The van der Waals surface area contributed by atoms with E-state index in [0.29, 0.717) is 25.8 Å². The second-order valence-electron chi connectivity index (χ2n) is 9.79. The number of carbonyl (C=O) groups excluding carboxylic acids is 3. The molecule has 0 saturated carbocycles. The lowest BCUT2D eigenvalue weighted by atomic mass is 10.0. The molecule has 0 aliphatic rings. The molecule has 2 aromatic rings. The number of hydrogen-bond donors (Lipinski definition) is 8. The van der Waals surface area contributed by atoms with Crippen LogP contribution >= 0.6 is 12.6 Å². The van der Waals surface area contributed by atoms with Crippen molar-refractivity contribution in [1.82, 2.24) is 20.9 Å². The van der Waals surface area contributed by atoms with Crippen molar-refractivity contribution in [3.63, 3.8) is 0 Å². The van der Waals surface area contributed by atoms with Gasteiger partial charge in [-0.05, 0) is 49.8 Å². The van der Waals surface area contributed by atoms with Crippen LogP contribution in [0.4, 0.5) is 0 Å². The van der Waals surface area contributed by atoms with Gasteiger partial charge in [0, 0.05) is 29.3 Å². The lowest BCUT2D eigenvalue weighted by Crippen LogP contribution is -2.57. The van der Waals surface area contributed by atoms with Crippen molar-refractivity contribution in [2.45, 2.75) is 70.1 Å². The molecule has 11 nitrogen and oxygen atoms in total. The minimum Gasteiger partial charge on any atom is -0.480 e. The first-order valence-electron chi connectivity index (χ1n) is 12.8. The molecule has 1 heterocycles. The summed E-state index contributed by atoms with van der Waals surface area (Å²) in [5.41, 5.74) is 13.0. The number of aromatic amines is 1. The van der Waals surface area contributed by atoms with E-state index in [-0.39, 0.29) is 24.5 Å². The zero-order valence-electron chi connectivity index (χ0n) is 21.9. The Bertz CT molecular complexity index is 1090. The summed E-state index contributed by atoms with van der Waals surface area (Å²) in [6.07, 6.45) is 3.60. The first kappa shape index (κ1) is 31.1. The first-order valence-corrected chi connectivity index (χ1v) is 13.5. The van der Waals surface area contributed by atoms with E-state index < -0.39 is 47.9 Å². The minimum atomic E-state index is -1.16. The second-order valence-corrected chi connectivity index (χ2v) is 10.2. The molecule has 38 heavy (non-hydrogen) atoms. The van der Waals surface area contributed by atoms with E-state index in [1.54, 1.807) is 6.20 Å². The van der Waals surface area contributed by atoms with Crippen LogP contribution in [-0.4, -0.2) is 70.2 Å². The van der Waals surface area contributed by atoms with Crippen molar-refractivity contribution < 1.29 is 24.3 Å². The fourth-order valence-electron chi connectivity index (χ4n) is 4.09. The van der Waals surface area contributed by atoms with E-state index in [0.717, 1.165) is 16.5 Å². The van der Waals surface area contributed by atoms with Crippen LogP contribution < -0.4 is 27.4 Å². The molecule has 0 radical (unpaired) electrons. The van der Waals surface area contributed by atoms with E-state index >= 15 is 0 Å². The third-order valence-electron chi connectivity index (χ3n) is 6.17. The van der Waals surface area contributed by atoms with E-state index in [2.05, 4.69) is 33.6 Å². The molecule has 0 saturated heterocycles. The van der Waals surface area contributed by atoms with Gasteiger partial charge in [-0.15, -0.1) is 0 Å². The molecule has 9 N–H and O–H groups in total. The van der Waals surface area contributed by atoms with Gasteiger partial charge in [0.05, 0.1) is 6.04 Å². The number of hydrogen-bond acceptors (Lipinski definition) is 7. The number of para-hydroxylation sites is 1. The van der Waals surface area contributed by atoms with E-state index in [1.165, 1.54) is 0 Å². The number of fused-ring (bicyclic) bond motifs is 1. The average Bonchev–Trinajstić information content (AvgIpc) is 3.29. The zero-order valence-corrected chi connectivity index (χ0v) is 22.8. The van der Waals surface area contributed by atoms with Crippen molar-refractivity contribution in [1.29, 1.82) is 0 Å². The number of carboxylic acids is 1. The van der Waals surface area contributed by atoms with Crippen LogP contribution in [0, 0.1) is 5.92 Å². The Morgan fingerprint density at radius 1 is 0.974 bits per heavy atom. The Morgan fingerprint density at radius 2 is 1.61 bits per heavy atom. The molecule has 4 atom stereocenters. The van der Waals surface area contributed by atoms with Gasteiger partial charge in [0.25, 0.3) is 0 Å². The summed E-state index contributed by atoms with van der Waals surface area (Å²) in [6.45, 7) is 4.14. The molecule has 3 amide bonds. The zero-order chi connectivity index (χ0) is 28.2. The highest BCUT2D eigenvalue weighted by atomic mass is 32.1. The SMILES string of the molecule is CC(C)CC(NC(=O)C(Cc1c[nH]c2ccccc12)NC(=O)C(CCCCN)NC(=O)C(N)CS)C(=O)O. The molecule has 0 aliphatic heterocycles. The topological polar surface area (TPSA) is 192 Å². The van der Waals surface area contributed by atoms with Crippen LogP contribution in [0.2, 0.25) is 0 Å². The quantitative estimate of drug-likeness (QED) is 0.112. The van der Waals surface area contributed by atoms with Crippen molar-refractivity contribution in [3.8, 4) is 0 Å². The lowest BCUT2D eigenvalue weighted by molar-refractivity contribution is -0.142. The normalized spacial score (nSPS) is 14.5. The number of nitrogens with two attached hydrogens (primary N) is 2. The monoisotopic (exact) mass is 548 g/mol. The van der Waals surface area contributed by atoms with Gasteiger partial charge in [0.1, 0.15) is 18.1 Å². The van der Waals surface area contributed by atoms with E-state index in [9.17, 15) is 24.3 Å². The molecular weight excluding hydrogens is 508 g/mol. The number of unbranched alkanes of at least 4 members (excludes halogenated alkanes) is 1. The smallest absolute Gasteiger partial charge is 0.326 e. The van der Waals surface area contributed by atoms with E-state index in [4.69, 9.17) is 11.5 Å². The molecule has 1 aromatic carbocycles. The summed E-state index contributed by atoms with van der Waals surface area (Å²) in [7, 11) is 0. The van der Waals surface area contributed by atoms with Crippen LogP contribution in [-0.2, 0) is 25.6 Å². The Balaban J connectivity index is 2.31. The van der Waals surface area contributed by atoms with Crippen LogP contribution in [0.25, 0.3) is 10.9 Å². The molecule has 0 bridgehead atoms. The Labute approximate surface area is 228 Å². The fourth-order valence-corrected chi connectivity index (χ4v) is 4.26. The number of thiol groups is 1. The second kappa shape index (κ2) is 15.4. The lowest BCUT2D eigenvalue weighted by Gasteiger charge is -2.25. The number of benzene rings is 1. The van der Waals surface area contributed by atoms with Gasteiger partial charge in [-0.1, -0.05) is 32.0 Å². The molecular formula is C26H40N6O5S. The molecule has 210 valence electrons. The summed E-state index contributed by atoms with van der Waals surface area (Å²) in [5, 5.41) is 18.5. The third kappa shape index (κ3) is 9.34. The first-order chi connectivity index (χ1) is 18.1. The van der Waals surface area contributed by atoms with E-state index in [1.807, 2.05) is 38.1 Å². The highest BCUT2D eigenvalue weighted by Crippen LogP contribution is 2.19. The molecule has 0 fully saturated rings. The summed E-state index contributed by atoms with van der Waals surface area (Å²) in [5.74, 6) is -2.77. The number of carbonyl (C=O) groups is 4. The standard InChI is InChI=1S/C26H40N6O5S/c1-15(2)11-22(26(36)37)32-25(35)21(12-16-13-29-19-8-4-3-7-17(16)19)31-24(34)20(9-5-6-10-27)30-23(33)18(28)14-38/h3-4,7-8,13,15,18,20-22,29,38H,5-6,9-12,14,27-28H2,1-2H3,(H,30,33)(H,31,34)(H,32,35)(H,36,37). The highest BCUT2D eigenvalue weighted by Gasteiger charge is 2.31. The van der Waals surface area contributed by atoms with Crippen molar-refractivity contribution in [3.05, 3.63) is 36.0 Å². The molecule has 12 heteroatoms. The van der Waals surface area contributed by atoms with Gasteiger partial charge < -0.3 is 37.5 Å². The molecule has 4 unspecified atom stereocenters. The maximum atomic E-state index is 13.4. The molecule has 2 rings (SSSR count). The van der Waals surface area contributed by atoms with Gasteiger partial charge in [-0.3, -0.25) is 14.4 Å². The summed E-state index contributed by atoms with van der Waals surface area (Å²) in [4.78, 5) is 54.1. The van der Waals surface area contributed by atoms with Crippen LogP contribution in [0.1, 0.15) is 45.1 Å². The Hall–Kier alpha value is -3.09. The number of rotatable bonds is 16. The number of aliphatic carboxylic acids is 1. The Kier molecular flexibility index (Phi) is 12.6. The maximum absolute atomic E-state index is 13.4. The summed E-state index contributed by atoms with van der Waals surface area (Å²) >= 11 is 4.04. The van der Waals surface area contributed by atoms with Gasteiger partial charge in [-0.2, -0.15) is 12.6 Å². The number of nitrogens with one attached hydrogen (secondary N) is 4. The largest absolute Gasteiger partial charge is 0.480 e. The number of amides is 3. The molecule has 0 spiro atoms. The Morgan fingerprint density at radius 3 is 2.24 bits per heavy atom.